The average molecular weight is 527 g/mol. The Morgan fingerprint density at radius 3 is 0.912 bits per heavy atom. The molecule has 0 heterocycles. The van der Waals surface area contributed by atoms with E-state index in [9.17, 15) is 14.4 Å². The molecule has 0 atom stereocenters. The summed E-state index contributed by atoms with van der Waals surface area (Å²) in [6.45, 7) is 6.10. The molecule has 200 valence electrons. The Balaban J connectivity index is -0.000000196. The molecule has 0 saturated carbocycles. The summed E-state index contributed by atoms with van der Waals surface area (Å²) in [4.78, 5) is 31.9. The van der Waals surface area contributed by atoms with Crippen molar-refractivity contribution < 1.29 is 46.8 Å². The van der Waals surface area contributed by atoms with Gasteiger partial charge in [-0.1, -0.05) is 40.0 Å². The Labute approximate surface area is 215 Å². The molecule has 0 spiro atoms. The standard InChI is InChI=1S/3C8H15NO2.Fe/c3*1-3-4-5-7(10)6-8(11)9-2;/h3*6,10H,3-5H2,1-2H3,(H,9,11);. The minimum Gasteiger partial charge on any atom is -0.512 e. The summed E-state index contributed by atoms with van der Waals surface area (Å²) in [7, 11) is 4.60. The molecule has 34 heavy (non-hydrogen) atoms. The largest absolute Gasteiger partial charge is 0.512 e. The second-order valence-corrected chi connectivity index (χ2v) is 7.06. The summed E-state index contributed by atoms with van der Waals surface area (Å²) in [5.41, 5.74) is 0. The van der Waals surface area contributed by atoms with Crippen LogP contribution in [0.5, 0.6) is 0 Å². The zero-order valence-corrected chi connectivity index (χ0v) is 22.6. The third-order valence-corrected chi connectivity index (χ3v) is 3.99. The van der Waals surface area contributed by atoms with E-state index in [4.69, 9.17) is 15.3 Å². The van der Waals surface area contributed by atoms with Crippen molar-refractivity contribution in [3.8, 4) is 0 Å². The van der Waals surface area contributed by atoms with Gasteiger partial charge in [-0.15, -0.1) is 0 Å². The molecule has 0 aliphatic carbocycles. The van der Waals surface area contributed by atoms with Crippen molar-refractivity contribution in [1.82, 2.24) is 16.0 Å². The van der Waals surface area contributed by atoms with E-state index in [0.717, 1.165) is 38.5 Å². The second kappa shape index (κ2) is 28.6. The Hall–Kier alpha value is -2.45. The van der Waals surface area contributed by atoms with Crippen molar-refractivity contribution in [3.63, 3.8) is 0 Å². The van der Waals surface area contributed by atoms with Crippen LogP contribution in [-0.2, 0) is 31.5 Å². The maximum Gasteiger partial charge on any atom is 0.247 e. The predicted molar refractivity (Wildman–Crippen MR) is 133 cm³/mol. The summed E-state index contributed by atoms with van der Waals surface area (Å²) in [6, 6.07) is 0. The van der Waals surface area contributed by atoms with E-state index in [1.165, 1.54) is 39.4 Å². The first-order valence-electron chi connectivity index (χ1n) is 11.4. The third kappa shape index (κ3) is 31.7. The van der Waals surface area contributed by atoms with Crippen LogP contribution in [0.3, 0.4) is 0 Å². The molecule has 0 fully saturated rings. The molecule has 0 aromatic carbocycles. The molecule has 9 nitrogen and oxygen atoms in total. The van der Waals surface area contributed by atoms with E-state index in [0.29, 0.717) is 19.3 Å². The zero-order valence-electron chi connectivity index (χ0n) is 21.5. The number of carbonyl (C=O) groups is 3. The van der Waals surface area contributed by atoms with Crippen LogP contribution in [0.15, 0.2) is 35.5 Å². The van der Waals surface area contributed by atoms with Gasteiger partial charge in [-0.3, -0.25) is 14.4 Å². The SMILES string of the molecule is CCCCC(O)=CC(=O)NC.CCCCC(O)=CC(=O)NC.CCCCC(O)=CC(=O)NC.[Fe]. The fourth-order valence-corrected chi connectivity index (χ4v) is 1.96. The molecular formula is C24H45FeN3O6. The number of likely N-dealkylation sites (N-methyl/N-ethyl adjacent to an activating group) is 3. The average Bonchev–Trinajstić information content (AvgIpc) is 2.80. The molecule has 0 radical (unpaired) electrons. The van der Waals surface area contributed by atoms with Crippen LogP contribution in [0.1, 0.15) is 78.6 Å². The smallest absolute Gasteiger partial charge is 0.247 e. The molecule has 0 unspecified atom stereocenters. The van der Waals surface area contributed by atoms with Crippen LogP contribution in [-0.4, -0.2) is 54.2 Å². The molecular weight excluding hydrogens is 482 g/mol. The van der Waals surface area contributed by atoms with Gasteiger partial charge in [0, 0.05) is 75.7 Å². The van der Waals surface area contributed by atoms with E-state index in [1.807, 2.05) is 20.8 Å². The first kappa shape index (κ1) is 38.8. The molecule has 0 saturated heterocycles. The summed E-state index contributed by atoms with van der Waals surface area (Å²) in [5, 5.41) is 34.4. The molecule has 0 aromatic rings. The predicted octanol–water partition coefficient (Wildman–Crippen LogP) is 4.09. The van der Waals surface area contributed by atoms with Crippen molar-refractivity contribution >= 4 is 17.7 Å². The molecule has 3 amide bonds. The number of unbranched alkanes of at least 4 members (excludes halogenated alkanes) is 3. The summed E-state index contributed by atoms with van der Waals surface area (Å²) >= 11 is 0. The van der Waals surface area contributed by atoms with Gasteiger partial charge in [-0.25, -0.2) is 0 Å². The summed E-state index contributed by atoms with van der Waals surface area (Å²) < 4.78 is 0. The van der Waals surface area contributed by atoms with Crippen LogP contribution in [0.4, 0.5) is 0 Å². The van der Waals surface area contributed by atoms with Gasteiger partial charge in [-0.05, 0) is 19.3 Å². The minimum atomic E-state index is -0.251. The van der Waals surface area contributed by atoms with Crippen molar-refractivity contribution in [2.24, 2.45) is 0 Å². The van der Waals surface area contributed by atoms with Crippen molar-refractivity contribution in [2.75, 3.05) is 21.1 Å². The number of nitrogens with one attached hydrogen (secondary N) is 3. The number of carbonyl (C=O) groups excluding carboxylic acids is 3. The third-order valence-electron chi connectivity index (χ3n) is 3.99. The van der Waals surface area contributed by atoms with Gasteiger partial charge in [0.05, 0.1) is 17.3 Å². The molecule has 0 aromatic heterocycles. The topological polar surface area (TPSA) is 148 Å². The molecule has 10 heteroatoms. The van der Waals surface area contributed by atoms with Gasteiger partial charge >= 0.3 is 0 Å². The minimum absolute atomic E-state index is 0. The fraction of sp³-hybridized carbons (Fsp3) is 0.625. The van der Waals surface area contributed by atoms with Crippen LogP contribution in [0.2, 0.25) is 0 Å². The maximum absolute atomic E-state index is 10.6. The number of aliphatic hydroxyl groups excluding tert-OH is 3. The monoisotopic (exact) mass is 527 g/mol. The quantitative estimate of drug-likeness (QED) is 0.128. The number of amides is 3. The molecule has 6 N–H and O–H groups in total. The number of aliphatic hydroxyl groups is 3. The van der Waals surface area contributed by atoms with E-state index in [1.54, 1.807) is 0 Å². The van der Waals surface area contributed by atoms with E-state index < -0.39 is 0 Å². The van der Waals surface area contributed by atoms with Crippen molar-refractivity contribution in [3.05, 3.63) is 35.5 Å². The number of hydrogen-bond acceptors (Lipinski definition) is 6. The van der Waals surface area contributed by atoms with E-state index >= 15 is 0 Å². The Morgan fingerprint density at radius 1 is 0.559 bits per heavy atom. The number of allylic oxidation sites excluding steroid dienone is 3. The fourth-order valence-electron chi connectivity index (χ4n) is 1.96. The Morgan fingerprint density at radius 2 is 0.765 bits per heavy atom. The zero-order chi connectivity index (χ0) is 26.1. The van der Waals surface area contributed by atoms with Crippen molar-refractivity contribution in [1.29, 1.82) is 0 Å². The van der Waals surface area contributed by atoms with Gasteiger partial charge in [0.25, 0.3) is 0 Å². The van der Waals surface area contributed by atoms with Gasteiger partial charge in [0.1, 0.15) is 0 Å². The summed E-state index contributed by atoms with van der Waals surface area (Å²) in [5.74, 6) is -0.278. The Bertz CT molecular complexity index is 549. The molecule has 0 bridgehead atoms. The molecule has 0 aliphatic heterocycles. The van der Waals surface area contributed by atoms with Crippen molar-refractivity contribution in [2.45, 2.75) is 78.6 Å². The second-order valence-electron chi connectivity index (χ2n) is 7.06. The van der Waals surface area contributed by atoms with E-state index in [2.05, 4.69) is 16.0 Å². The first-order chi connectivity index (χ1) is 15.6. The van der Waals surface area contributed by atoms with Gasteiger partial charge in [0.15, 0.2) is 0 Å². The number of hydrogen-bond donors (Lipinski definition) is 6. The van der Waals surface area contributed by atoms with Crippen LogP contribution >= 0.6 is 0 Å². The normalized spacial score (nSPS) is 10.9. The van der Waals surface area contributed by atoms with Crippen LogP contribution in [0, 0.1) is 0 Å². The van der Waals surface area contributed by atoms with Gasteiger partial charge in [0.2, 0.25) is 17.7 Å². The molecule has 0 rings (SSSR count). The maximum atomic E-state index is 10.6. The van der Waals surface area contributed by atoms with E-state index in [-0.39, 0.29) is 52.1 Å². The van der Waals surface area contributed by atoms with Gasteiger partial charge < -0.3 is 31.3 Å². The first-order valence-corrected chi connectivity index (χ1v) is 11.4. The number of rotatable bonds is 12. The Kier molecular flexibility index (Phi) is 32.6. The van der Waals surface area contributed by atoms with Crippen LogP contribution < -0.4 is 16.0 Å². The summed E-state index contributed by atoms with van der Waals surface area (Å²) in [6.07, 6.45) is 11.2. The molecule has 0 aliphatic rings. The van der Waals surface area contributed by atoms with Gasteiger partial charge in [-0.2, -0.15) is 0 Å². The van der Waals surface area contributed by atoms with Crippen LogP contribution in [0.25, 0.3) is 0 Å².